The second-order valence-electron chi connectivity index (χ2n) is 7.32. The quantitative estimate of drug-likeness (QED) is 0.467. The van der Waals surface area contributed by atoms with E-state index in [1.807, 2.05) is 49.5 Å². The highest BCUT2D eigenvalue weighted by Gasteiger charge is 2.11. The molecule has 4 aromatic rings. The Labute approximate surface area is 175 Å². The van der Waals surface area contributed by atoms with Gasteiger partial charge in [0.25, 0.3) is 0 Å². The standard InChI is InChI=1S/C23H25N5O2/c1-3-7-20-26-22(30-27-20)11-6-10-21(29)24-17-14-12-16(13-15-17)23-25-18-8-4-5-9-19(18)28(23)2/h4-5,8-9,12-15H,3,6-7,10-11H2,1-2H3,(H,24,29). The van der Waals surface area contributed by atoms with Crippen molar-refractivity contribution in [2.75, 3.05) is 5.32 Å². The molecule has 0 saturated heterocycles. The molecule has 1 amide bonds. The molecule has 2 aromatic heterocycles. The highest BCUT2D eigenvalue weighted by atomic mass is 16.5. The number of para-hydroxylation sites is 2. The molecule has 0 spiro atoms. The molecule has 0 aliphatic heterocycles. The lowest BCUT2D eigenvalue weighted by Gasteiger charge is -2.07. The van der Waals surface area contributed by atoms with Gasteiger partial charge in [-0.15, -0.1) is 0 Å². The Morgan fingerprint density at radius 3 is 2.63 bits per heavy atom. The van der Waals surface area contributed by atoms with E-state index >= 15 is 0 Å². The van der Waals surface area contributed by atoms with Crippen LogP contribution in [0.15, 0.2) is 53.1 Å². The maximum atomic E-state index is 12.2. The Hall–Kier alpha value is -3.48. The van der Waals surface area contributed by atoms with Crippen molar-refractivity contribution < 1.29 is 9.32 Å². The summed E-state index contributed by atoms with van der Waals surface area (Å²) in [6.45, 7) is 2.07. The first-order valence-corrected chi connectivity index (χ1v) is 10.3. The first-order chi connectivity index (χ1) is 14.6. The van der Waals surface area contributed by atoms with Crippen LogP contribution >= 0.6 is 0 Å². The van der Waals surface area contributed by atoms with Crippen LogP contribution in [0.25, 0.3) is 22.4 Å². The van der Waals surface area contributed by atoms with Gasteiger partial charge in [-0.05, 0) is 49.2 Å². The van der Waals surface area contributed by atoms with Gasteiger partial charge in [0.05, 0.1) is 11.0 Å². The molecule has 0 radical (unpaired) electrons. The van der Waals surface area contributed by atoms with Gasteiger partial charge in [0.15, 0.2) is 5.82 Å². The minimum atomic E-state index is -0.0289. The molecule has 0 atom stereocenters. The number of aromatic nitrogens is 4. The van der Waals surface area contributed by atoms with E-state index in [0.717, 1.165) is 46.8 Å². The molecule has 4 rings (SSSR count). The molecule has 0 bridgehead atoms. The lowest BCUT2D eigenvalue weighted by molar-refractivity contribution is -0.116. The Balaban J connectivity index is 1.32. The normalized spacial score (nSPS) is 11.1. The van der Waals surface area contributed by atoms with Crippen molar-refractivity contribution in [3.8, 4) is 11.4 Å². The van der Waals surface area contributed by atoms with Gasteiger partial charge in [0, 0.05) is 37.6 Å². The summed E-state index contributed by atoms with van der Waals surface area (Å²) >= 11 is 0. The van der Waals surface area contributed by atoms with Crippen molar-refractivity contribution in [1.29, 1.82) is 0 Å². The minimum absolute atomic E-state index is 0.0289. The molecular weight excluding hydrogens is 378 g/mol. The third kappa shape index (κ3) is 4.40. The smallest absolute Gasteiger partial charge is 0.226 e. The topological polar surface area (TPSA) is 85.8 Å². The number of hydrogen-bond donors (Lipinski definition) is 1. The Kier molecular flexibility index (Phi) is 5.88. The molecule has 0 saturated carbocycles. The van der Waals surface area contributed by atoms with E-state index in [1.54, 1.807) is 0 Å². The minimum Gasteiger partial charge on any atom is -0.339 e. The van der Waals surface area contributed by atoms with E-state index in [1.165, 1.54) is 0 Å². The lowest BCUT2D eigenvalue weighted by atomic mass is 10.2. The van der Waals surface area contributed by atoms with Crippen LogP contribution in [-0.2, 0) is 24.7 Å². The number of carbonyl (C=O) groups is 1. The van der Waals surface area contributed by atoms with Crippen LogP contribution in [0.5, 0.6) is 0 Å². The Morgan fingerprint density at radius 2 is 1.87 bits per heavy atom. The number of benzene rings is 2. The number of aryl methyl sites for hydroxylation is 3. The maximum absolute atomic E-state index is 12.2. The van der Waals surface area contributed by atoms with Crippen molar-refractivity contribution in [3.05, 3.63) is 60.2 Å². The summed E-state index contributed by atoms with van der Waals surface area (Å²) in [5, 5.41) is 6.87. The van der Waals surface area contributed by atoms with Gasteiger partial charge >= 0.3 is 0 Å². The van der Waals surface area contributed by atoms with Crippen LogP contribution in [0.1, 0.15) is 37.9 Å². The average molecular weight is 403 g/mol. The highest BCUT2D eigenvalue weighted by Crippen LogP contribution is 2.24. The van der Waals surface area contributed by atoms with E-state index in [2.05, 4.69) is 33.0 Å². The van der Waals surface area contributed by atoms with E-state index < -0.39 is 0 Å². The number of hydrogen-bond acceptors (Lipinski definition) is 5. The average Bonchev–Trinajstić information content (AvgIpc) is 3.33. The molecule has 0 fully saturated rings. The number of anilines is 1. The van der Waals surface area contributed by atoms with Crippen molar-refractivity contribution in [1.82, 2.24) is 19.7 Å². The zero-order valence-electron chi connectivity index (χ0n) is 17.3. The summed E-state index contributed by atoms with van der Waals surface area (Å²) in [6.07, 6.45) is 3.47. The van der Waals surface area contributed by atoms with Crippen LogP contribution in [0.4, 0.5) is 5.69 Å². The summed E-state index contributed by atoms with van der Waals surface area (Å²) in [6, 6.07) is 15.8. The zero-order valence-corrected chi connectivity index (χ0v) is 17.3. The fraction of sp³-hybridized carbons (Fsp3) is 0.304. The van der Waals surface area contributed by atoms with Crippen LogP contribution in [0.2, 0.25) is 0 Å². The number of carbonyl (C=O) groups excluding carboxylic acids is 1. The SMILES string of the molecule is CCCc1noc(CCCC(=O)Nc2ccc(-c3nc4ccccc4n3C)cc2)n1. The number of fused-ring (bicyclic) bond motifs is 1. The van der Waals surface area contributed by atoms with Crippen LogP contribution in [0.3, 0.4) is 0 Å². The monoisotopic (exact) mass is 403 g/mol. The number of rotatable bonds is 8. The van der Waals surface area contributed by atoms with Gasteiger partial charge in [-0.3, -0.25) is 4.79 Å². The van der Waals surface area contributed by atoms with E-state index in [9.17, 15) is 4.79 Å². The molecule has 0 aliphatic carbocycles. The van der Waals surface area contributed by atoms with E-state index in [4.69, 9.17) is 9.51 Å². The summed E-state index contributed by atoms with van der Waals surface area (Å²) in [7, 11) is 2.01. The second-order valence-corrected chi connectivity index (χ2v) is 7.32. The number of nitrogens with one attached hydrogen (secondary N) is 1. The summed E-state index contributed by atoms with van der Waals surface area (Å²) in [5.41, 5.74) is 3.83. The molecule has 0 aliphatic rings. The van der Waals surface area contributed by atoms with Crippen molar-refractivity contribution in [3.63, 3.8) is 0 Å². The van der Waals surface area contributed by atoms with Crippen molar-refractivity contribution in [2.45, 2.75) is 39.0 Å². The highest BCUT2D eigenvalue weighted by molar-refractivity contribution is 5.91. The Morgan fingerprint density at radius 1 is 1.07 bits per heavy atom. The molecule has 2 aromatic carbocycles. The number of amides is 1. The fourth-order valence-corrected chi connectivity index (χ4v) is 3.45. The van der Waals surface area contributed by atoms with E-state index in [0.29, 0.717) is 25.2 Å². The lowest BCUT2D eigenvalue weighted by Crippen LogP contribution is -2.11. The molecule has 0 unspecified atom stereocenters. The molecule has 154 valence electrons. The molecule has 30 heavy (non-hydrogen) atoms. The van der Waals surface area contributed by atoms with Crippen LogP contribution in [0, 0.1) is 0 Å². The van der Waals surface area contributed by atoms with Gasteiger partial charge in [-0.2, -0.15) is 4.98 Å². The third-order valence-corrected chi connectivity index (χ3v) is 4.99. The molecule has 1 N–H and O–H groups in total. The summed E-state index contributed by atoms with van der Waals surface area (Å²) in [4.78, 5) is 21.3. The van der Waals surface area contributed by atoms with E-state index in [-0.39, 0.29) is 5.91 Å². The van der Waals surface area contributed by atoms with Crippen molar-refractivity contribution >= 4 is 22.6 Å². The predicted octanol–water partition coefficient (Wildman–Crippen LogP) is 4.54. The second kappa shape index (κ2) is 8.90. The first kappa shape index (κ1) is 19.8. The third-order valence-electron chi connectivity index (χ3n) is 4.99. The van der Waals surface area contributed by atoms with Crippen LogP contribution in [-0.4, -0.2) is 25.6 Å². The van der Waals surface area contributed by atoms with Gasteiger partial charge in [-0.25, -0.2) is 4.98 Å². The molecular formula is C23H25N5O2. The first-order valence-electron chi connectivity index (χ1n) is 10.3. The Bertz CT molecular complexity index is 1140. The van der Waals surface area contributed by atoms with Crippen LogP contribution < -0.4 is 5.32 Å². The summed E-state index contributed by atoms with van der Waals surface area (Å²) in [5.74, 6) is 2.20. The van der Waals surface area contributed by atoms with Gasteiger partial charge in [0.2, 0.25) is 11.8 Å². The maximum Gasteiger partial charge on any atom is 0.226 e. The number of imidazole rings is 1. The zero-order chi connectivity index (χ0) is 20.9. The fourth-order valence-electron chi connectivity index (χ4n) is 3.45. The largest absolute Gasteiger partial charge is 0.339 e. The molecule has 7 heteroatoms. The molecule has 7 nitrogen and oxygen atoms in total. The summed E-state index contributed by atoms with van der Waals surface area (Å²) < 4.78 is 7.28. The van der Waals surface area contributed by atoms with Gasteiger partial charge in [-0.1, -0.05) is 24.2 Å². The molecule has 2 heterocycles. The van der Waals surface area contributed by atoms with Gasteiger partial charge in [0.1, 0.15) is 5.82 Å². The van der Waals surface area contributed by atoms with Crippen molar-refractivity contribution in [2.24, 2.45) is 7.05 Å². The van der Waals surface area contributed by atoms with Gasteiger partial charge < -0.3 is 14.4 Å². The number of nitrogens with zero attached hydrogens (tertiary/aromatic N) is 4. The predicted molar refractivity (Wildman–Crippen MR) is 116 cm³/mol.